The summed E-state index contributed by atoms with van der Waals surface area (Å²) < 4.78 is 14.8. The van der Waals surface area contributed by atoms with Crippen molar-refractivity contribution in [2.24, 2.45) is 7.05 Å². The van der Waals surface area contributed by atoms with E-state index in [0.29, 0.717) is 17.4 Å². The second-order valence-corrected chi connectivity index (χ2v) is 5.93. The standard InChI is InChI=1S/C16H20FN3O2/c1-19-15(21)14-11(5-8-20-6-3-2-4-7-20)9-12(17)10-13(14)18-16(19)22/h9-10H,2-8H2,1H3,(H,18,22). The molecule has 0 bridgehead atoms. The molecule has 1 aromatic heterocycles. The molecule has 2 aromatic rings. The summed E-state index contributed by atoms with van der Waals surface area (Å²) in [6.07, 6.45) is 4.26. The van der Waals surface area contributed by atoms with Crippen LogP contribution in [-0.2, 0) is 13.5 Å². The monoisotopic (exact) mass is 305 g/mol. The molecule has 2 heterocycles. The Morgan fingerprint density at radius 2 is 1.91 bits per heavy atom. The molecule has 22 heavy (non-hydrogen) atoms. The summed E-state index contributed by atoms with van der Waals surface area (Å²) in [7, 11) is 1.43. The predicted molar refractivity (Wildman–Crippen MR) is 83.8 cm³/mol. The van der Waals surface area contributed by atoms with E-state index in [-0.39, 0.29) is 11.1 Å². The molecular formula is C16H20FN3O2. The summed E-state index contributed by atoms with van der Waals surface area (Å²) in [6, 6.07) is 2.62. The maximum absolute atomic E-state index is 13.8. The Morgan fingerprint density at radius 3 is 2.64 bits per heavy atom. The van der Waals surface area contributed by atoms with Crippen molar-refractivity contribution in [1.82, 2.24) is 14.5 Å². The van der Waals surface area contributed by atoms with Crippen molar-refractivity contribution in [2.75, 3.05) is 19.6 Å². The number of halogens is 1. The quantitative estimate of drug-likeness (QED) is 0.932. The molecule has 118 valence electrons. The van der Waals surface area contributed by atoms with Crippen molar-refractivity contribution in [3.05, 3.63) is 44.4 Å². The van der Waals surface area contributed by atoms with Gasteiger partial charge in [0.1, 0.15) is 5.82 Å². The molecule has 5 nitrogen and oxygen atoms in total. The maximum Gasteiger partial charge on any atom is 0.328 e. The first-order chi connectivity index (χ1) is 10.6. The SMILES string of the molecule is Cn1c(=O)[nH]c2cc(F)cc(CCN3CCCCC3)c2c1=O. The van der Waals surface area contributed by atoms with Gasteiger partial charge >= 0.3 is 5.69 Å². The molecule has 0 atom stereocenters. The van der Waals surface area contributed by atoms with E-state index >= 15 is 0 Å². The molecule has 0 radical (unpaired) electrons. The summed E-state index contributed by atoms with van der Waals surface area (Å²) >= 11 is 0. The van der Waals surface area contributed by atoms with Crippen molar-refractivity contribution in [1.29, 1.82) is 0 Å². The van der Waals surface area contributed by atoms with Crippen molar-refractivity contribution in [3.8, 4) is 0 Å². The average molecular weight is 305 g/mol. The first-order valence-electron chi connectivity index (χ1n) is 7.70. The number of piperidine rings is 1. The van der Waals surface area contributed by atoms with Crippen LogP contribution in [0, 0.1) is 5.82 Å². The van der Waals surface area contributed by atoms with E-state index in [2.05, 4.69) is 9.88 Å². The van der Waals surface area contributed by atoms with E-state index in [4.69, 9.17) is 0 Å². The number of fused-ring (bicyclic) bond motifs is 1. The summed E-state index contributed by atoms with van der Waals surface area (Å²) in [5.74, 6) is -0.426. The molecule has 0 unspecified atom stereocenters. The molecule has 1 aliphatic rings. The average Bonchev–Trinajstić information content (AvgIpc) is 2.51. The number of hydrogen-bond acceptors (Lipinski definition) is 3. The van der Waals surface area contributed by atoms with Crippen LogP contribution >= 0.6 is 0 Å². The summed E-state index contributed by atoms with van der Waals surface area (Å²) in [6.45, 7) is 2.92. The van der Waals surface area contributed by atoms with Crippen LogP contribution < -0.4 is 11.2 Å². The number of benzene rings is 1. The Balaban J connectivity index is 1.99. The van der Waals surface area contributed by atoms with Crippen LogP contribution in [0.15, 0.2) is 21.7 Å². The maximum atomic E-state index is 13.8. The van der Waals surface area contributed by atoms with E-state index in [1.54, 1.807) is 0 Å². The Kier molecular flexibility index (Phi) is 4.11. The molecule has 1 fully saturated rings. The Morgan fingerprint density at radius 1 is 1.18 bits per heavy atom. The van der Waals surface area contributed by atoms with Crippen LogP contribution in [0.25, 0.3) is 10.9 Å². The number of nitrogens with zero attached hydrogens (tertiary/aromatic N) is 2. The number of rotatable bonds is 3. The second kappa shape index (κ2) is 6.04. The predicted octanol–water partition coefficient (Wildman–Crippen LogP) is 1.39. The van der Waals surface area contributed by atoms with Crippen LogP contribution in [-0.4, -0.2) is 34.1 Å². The highest BCUT2D eigenvalue weighted by molar-refractivity contribution is 5.81. The van der Waals surface area contributed by atoms with Gasteiger partial charge in [-0.2, -0.15) is 0 Å². The van der Waals surface area contributed by atoms with E-state index in [0.717, 1.165) is 24.2 Å². The molecule has 1 aromatic carbocycles. The lowest BCUT2D eigenvalue weighted by Gasteiger charge is -2.26. The highest BCUT2D eigenvalue weighted by Crippen LogP contribution is 2.17. The van der Waals surface area contributed by atoms with Crippen molar-refractivity contribution in [3.63, 3.8) is 0 Å². The van der Waals surface area contributed by atoms with Crippen molar-refractivity contribution >= 4 is 10.9 Å². The van der Waals surface area contributed by atoms with Crippen LogP contribution in [0.2, 0.25) is 0 Å². The Hall–Kier alpha value is -1.95. The third kappa shape index (κ3) is 2.83. The van der Waals surface area contributed by atoms with Gasteiger partial charge in [-0.05, 0) is 50.0 Å². The minimum absolute atomic E-state index is 0.279. The molecule has 1 saturated heterocycles. The minimum atomic E-state index is -0.523. The van der Waals surface area contributed by atoms with Gasteiger partial charge in [0.2, 0.25) is 0 Å². The number of aromatic nitrogens is 2. The van der Waals surface area contributed by atoms with Crippen LogP contribution in [0.4, 0.5) is 4.39 Å². The number of likely N-dealkylation sites (tertiary alicyclic amines) is 1. The van der Waals surface area contributed by atoms with Crippen LogP contribution in [0.1, 0.15) is 24.8 Å². The fraction of sp³-hybridized carbons (Fsp3) is 0.500. The van der Waals surface area contributed by atoms with Crippen LogP contribution in [0.5, 0.6) is 0 Å². The number of aromatic amines is 1. The zero-order valence-corrected chi connectivity index (χ0v) is 12.7. The molecule has 3 rings (SSSR count). The van der Waals surface area contributed by atoms with E-state index < -0.39 is 11.5 Å². The van der Waals surface area contributed by atoms with Crippen molar-refractivity contribution in [2.45, 2.75) is 25.7 Å². The lowest BCUT2D eigenvalue weighted by molar-refractivity contribution is 0.231. The lowest BCUT2D eigenvalue weighted by Crippen LogP contribution is -2.34. The summed E-state index contributed by atoms with van der Waals surface area (Å²) in [5, 5.41) is 0.417. The van der Waals surface area contributed by atoms with Gasteiger partial charge in [-0.3, -0.25) is 9.36 Å². The van der Waals surface area contributed by atoms with Gasteiger partial charge in [0.25, 0.3) is 5.56 Å². The first kappa shape index (κ1) is 15.0. The number of H-pyrrole nitrogens is 1. The second-order valence-electron chi connectivity index (χ2n) is 5.93. The van der Waals surface area contributed by atoms with Crippen LogP contribution in [0.3, 0.4) is 0 Å². The fourth-order valence-electron chi connectivity index (χ4n) is 3.13. The largest absolute Gasteiger partial charge is 0.328 e. The Labute approximate surface area is 127 Å². The molecule has 0 spiro atoms. The van der Waals surface area contributed by atoms with Gasteiger partial charge in [0.05, 0.1) is 10.9 Å². The number of nitrogens with one attached hydrogen (secondary N) is 1. The number of hydrogen-bond donors (Lipinski definition) is 1. The van der Waals surface area contributed by atoms with Gasteiger partial charge < -0.3 is 9.88 Å². The molecule has 6 heteroatoms. The molecule has 1 N–H and O–H groups in total. The van der Waals surface area contributed by atoms with Gasteiger partial charge in [-0.1, -0.05) is 6.42 Å². The summed E-state index contributed by atoms with van der Waals surface area (Å²) in [4.78, 5) is 28.9. The third-order valence-electron chi connectivity index (χ3n) is 4.40. The minimum Gasteiger partial charge on any atom is -0.307 e. The van der Waals surface area contributed by atoms with E-state index in [9.17, 15) is 14.0 Å². The first-order valence-corrected chi connectivity index (χ1v) is 7.70. The van der Waals surface area contributed by atoms with E-state index in [1.165, 1.54) is 38.4 Å². The van der Waals surface area contributed by atoms with E-state index in [1.807, 2.05) is 0 Å². The highest BCUT2D eigenvalue weighted by Gasteiger charge is 2.14. The lowest BCUT2D eigenvalue weighted by atomic mass is 10.0. The van der Waals surface area contributed by atoms with Crippen molar-refractivity contribution < 1.29 is 4.39 Å². The molecule has 0 amide bonds. The zero-order valence-electron chi connectivity index (χ0n) is 12.7. The fourth-order valence-corrected chi connectivity index (χ4v) is 3.13. The highest BCUT2D eigenvalue weighted by atomic mass is 19.1. The molecule has 0 saturated carbocycles. The summed E-state index contributed by atoms with van der Waals surface area (Å²) in [5.41, 5.74) is 0.0524. The smallest absolute Gasteiger partial charge is 0.307 e. The van der Waals surface area contributed by atoms with Gasteiger partial charge in [0.15, 0.2) is 0 Å². The molecule has 0 aliphatic carbocycles. The Bertz CT molecular complexity index is 803. The topological polar surface area (TPSA) is 58.1 Å². The molecule has 1 aliphatic heterocycles. The van der Waals surface area contributed by atoms with Gasteiger partial charge in [-0.15, -0.1) is 0 Å². The molecular weight excluding hydrogens is 285 g/mol. The third-order valence-corrected chi connectivity index (χ3v) is 4.40. The van der Waals surface area contributed by atoms with Gasteiger partial charge in [0, 0.05) is 13.6 Å². The zero-order chi connectivity index (χ0) is 15.7. The van der Waals surface area contributed by atoms with Gasteiger partial charge in [-0.25, -0.2) is 9.18 Å². The normalized spacial score (nSPS) is 16.3.